The first-order valence-electron chi connectivity index (χ1n) is 5.83. The van der Waals surface area contributed by atoms with Crippen molar-refractivity contribution in [1.82, 2.24) is 0 Å². The Morgan fingerprint density at radius 1 is 1.10 bits per heavy atom. The average Bonchev–Trinajstić information content (AvgIpc) is 2.47. The van der Waals surface area contributed by atoms with Crippen molar-refractivity contribution < 1.29 is 14.5 Å². The number of nitrogens with zero attached hydrogens (tertiary/aromatic N) is 2. The highest BCUT2D eigenvalue weighted by atomic mass is 16.6. The number of para-hydroxylation sites is 3. The fourth-order valence-electron chi connectivity index (χ4n) is 1.61. The van der Waals surface area contributed by atoms with Crippen LogP contribution in [0.15, 0.2) is 54.6 Å². The van der Waals surface area contributed by atoms with Crippen LogP contribution in [0, 0.1) is 10.1 Å². The highest BCUT2D eigenvalue weighted by Crippen LogP contribution is 2.26. The monoisotopic (exact) mass is 272 g/mol. The fourth-order valence-corrected chi connectivity index (χ4v) is 1.61. The predicted molar refractivity (Wildman–Crippen MR) is 74.0 cm³/mol. The standard InChI is InChI=1S/C14H12N2O4/c1-15(11-7-3-2-4-8-11)14(17)20-13-10-6-5-9-12(13)16(18)19/h2-10H,1H3. The van der Waals surface area contributed by atoms with Crippen LogP contribution in [0.4, 0.5) is 16.2 Å². The molecule has 102 valence electrons. The lowest BCUT2D eigenvalue weighted by molar-refractivity contribution is -0.385. The molecule has 0 aliphatic rings. The van der Waals surface area contributed by atoms with Gasteiger partial charge >= 0.3 is 11.8 Å². The number of nitro groups is 1. The molecule has 0 aliphatic heterocycles. The second-order valence-corrected chi connectivity index (χ2v) is 3.99. The van der Waals surface area contributed by atoms with Gasteiger partial charge < -0.3 is 4.74 Å². The van der Waals surface area contributed by atoms with Crippen molar-refractivity contribution in [2.24, 2.45) is 0 Å². The molecule has 20 heavy (non-hydrogen) atoms. The van der Waals surface area contributed by atoms with Crippen molar-refractivity contribution >= 4 is 17.5 Å². The molecule has 2 rings (SSSR count). The molecule has 0 spiro atoms. The lowest BCUT2D eigenvalue weighted by Gasteiger charge is -2.16. The highest BCUT2D eigenvalue weighted by molar-refractivity contribution is 5.88. The largest absolute Gasteiger partial charge is 0.419 e. The zero-order valence-electron chi connectivity index (χ0n) is 10.7. The number of rotatable bonds is 3. The van der Waals surface area contributed by atoms with E-state index in [9.17, 15) is 14.9 Å². The van der Waals surface area contributed by atoms with Crippen LogP contribution >= 0.6 is 0 Å². The minimum Gasteiger partial charge on any atom is -0.403 e. The van der Waals surface area contributed by atoms with E-state index in [1.807, 2.05) is 6.07 Å². The summed E-state index contributed by atoms with van der Waals surface area (Å²) in [4.78, 5) is 23.5. The molecule has 0 atom stereocenters. The molecule has 6 nitrogen and oxygen atoms in total. The highest BCUT2D eigenvalue weighted by Gasteiger charge is 2.19. The zero-order valence-corrected chi connectivity index (χ0v) is 10.7. The summed E-state index contributed by atoms with van der Waals surface area (Å²) < 4.78 is 5.07. The Morgan fingerprint density at radius 3 is 2.35 bits per heavy atom. The summed E-state index contributed by atoms with van der Waals surface area (Å²) in [7, 11) is 1.53. The molecule has 0 N–H and O–H groups in total. The predicted octanol–water partition coefficient (Wildman–Crippen LogP) is 3.23. The fraction of sp³-hybridized carbons (Fsp3) is 0.0714. The smallest absolute Gasteiger partial charge is 0.403 e. The number of hydrogen-bond donors (Lipinski definition) is 0. The van der Waals surface area contributed by atoms with Gasteiger partial charge in [-0.25, -0.2) is 4.79 Å². The van der Waals surface area contributed by atoms with Crippen molar-refractivity contribution in [1.29, 1.82) is 0 Å². The van der Waals surface area contributed by atoms with Gasteiger partial charge in [0.1, 0.15) is 0 Å². The van der Waals surface area contributed by atoms with Gasteiger partial charge in [0, 0.05) is 18.8 Å². The number of anilines is 1. The number of ether oxygens (including phenoxy) is 1. The SMILES string of the molecule is CN(C(=O)Oc1ccccc1[N+](=O)[O-])c1ccccc1. The first-order valence-corrected chi connectivity index (χ1v) is 5.83. The van der Waals surface area contributed by atoms with E-state index >= 15 is 0 Å². The van der Waals surface area contributed by atoms with Crippen molar-refractivity contribution in [3.8, 4) is 5.75 Å². The van der Waals surface area contributed by atoms with E-state index in [1.165, 1.54) is 30.1 Å². The molecule has 2 aromatic carbocycles. The Kier molecular flexibility index (Phi) is 3.95. The Bertz CT molecular complexity index is 628. The summed E-state index contributed by atoms with van der Waals surface area (Å²) in [5.74, 6) is -0.0784. The van der Waals surface area contributed by atoms with Gasteiger partial charge in [-0.3, -0.25) is 15.0 Å². The van der Waals surface area contributed by atoms with E-state index in [0.717, 1.165) is 0 Å². The molecule has 0 saturated heterocycles. The molecule has 6 heteroatoms. The first-order chi connectivity index (χ1) is 9.59. The summed E-state index contributed by atoms with van der Waals surface area (Å²) in [6.07, 6.45) is -0.689. The van der Waals surface area contributed by atoms with Crippen LogP contribution in [0.5, 0.6) is 5.75 Å². The molecule has 0 fully saturated rings. The van der Waals surface area contributed by atoms with Crippen LogP contribution < -0.4 is 9.64 Å². The van der Waals surface area contributed by atoms with E-state index in [2.05, 4.69) is 0 Å². The average molecular weight is 272 g/mol. The number of amides is 1. The topological polar surface area (TPSA) is 72.7 Å². The van der Waals surface area contributed by atoms with Gasteiger partial charge in [-0.15, -0.1) is 0 Å². The number of nitro benzene ring substituents is 1. The quantitative estimate of drug-likeness (QED) is 0.635. The second kappa shape index (κ2) is 5.83. The molecular formula is C14H12N2O4. The molecule has 2 aromatic rings. The number of benzene rings is 2. The van der Waals surface area contributed by atoms with Crippen LogP contribution in [0.3, 0.4) is 0 Å². The lowest BCUT2D eigenvalue weighted by Crippen LogP contribution is -2.29. The van der Waals surface area contributed by atoms with Gasteiger partial charge in [0.05, 0.1) is 4.92 Å². The third-order valence-corrected chi connectivity index (χ3v) is 2.68. The molecule has 0 heterocycles. The second-order valence-electron chi connectivity index (χ2n) is 3.99. The van der Waals surface area contributed by atoms with Crippen LogP contribution in [0.25, 0.3) is 0 Å². The maximum Gasteiger partial charge on any atom is 0.419 e. The number of carbonyl (C=O) groups is 1. The molecule has 0 aromatic heterocycles. The van der Waals surface area contributed by atoms with Crippen molar-refractivity contribution in [2.45, 2.75) is 0 Å². The maximum absolute atomic E-state index is 12.0. The van der Waals surface area contributed by atoms with Crippen LogP contribution in [0.2, 0.25) is 0 Å². The van der Waals surface area contributed by atoms with Gasteiger partial charge in [-0.05, 0) is 18.2 Å². The van der Waals surface area contributed by atoms with Gasteiger partial charge in [0.25, 0.3) is 0 Å². The van der Waals surface area contributed by atoms with E-state index in [-0.39, 0.29) is 11.4 Å². The summed E-state index contributed by atoms with van der Waals surface area (Å²) in [5, 5.41) is 10.8. The maximum atomic E-state index is 12.0. The van der Waals surface area contributed by atoms with Crippen molar-refractivity contribution in [3.63, 3.8) is 0 Å². The summed E-state index contributed by atoms with van der Waals surface area (Å²) in [5.41, 5.74) is 0.387. The summed E-state index contributed by atoms with van der Waals surface area (Å²) in [6, 6.07) is 14.6. The molecule has 0 radical (unpaired) electrons. The normalized spacial score (nSPS) is 9.85. The zero-order chi connectivity index (χ0) is 14.5. The summed E-state index contributed by atoms with van der Waals surface area (Å²) in [6.45, 7) is 0. The van der Waals surface area contributed by atoms with E-state index in [4.69, 9.17) is 4.74 Å². The van der Waals surface area contributed by atoms with E-state index in [1.54, 1.807) is 30.3 Å². The van der Waals surface area contributed by atoms with Crippen LogP contribution in [0.1, 0.15) is 0 Å². The van der Waals surface area contributed by atoms with Crippen molar-refractivity contribution in [3.05, 3.63) is 64.7 Å². The Balaban J connectivity index is 2.18. The molecule has 0 unspecified atom stereocenters. The van der Waals surface area contributed by atoms with Crippen LogP contribution in [-0.2, 0) is 0 Å². The molecule has 0 aliphatic carbocycles. The lowest BCUT2D eigenvalue weighted by atomic mass is 10.3. The number of hydrogen-bond acceptors (Lipinski definition) is 4. The molecular weight excluding hydrogens is 260 g/mol. The summed E-state index contributed by atoms with van der Waals surface area (Å²) >= 11 is 0. The Morgan fingerprint density at radius 2 is 1.70 bits per heavy atom. The third-order valence-electron chi connectivity index (χ3n) is 2.68. The molecule has 0 bridgehead atoms. The van der Waals surface area contributed by atoms with E-state index < -0.39 is 11.0 Å². The van der Waals surface area contributed by atoms with Crippen LogP contribution in [-0.4, -0.2) is 18.1 Å². The first kappa shape index (κ1) is 13.5. The Hall–Kier alpha value is -2.89. The third kappa shape index (κ3) is 2.92. The minimum atomic E-state index is -0.689. The molecule has 0 saturated carbocycles. The van der Waals surface area contributed by atoms with Crippen molar-refractivity contribution in [2.75, 3.05) is 11.9 Å². The Labute approximate surface area is 115 Å². The molecule has 1 amide bonds. The van der Waals surface area contributed by atoms with Gasteiger partial charge in [-0.2, -0.15) is 0 Å². The minimum absolute atomic E-state index is 0.0784. The van der Waals surface area contributed by atoms with E-state index in [0.29, 0.717) is 5.69 Å². The van der Waals surface area contributed by atoms with Gasteiger partial charge in [-0.1, -0.05) is 30.3 Å². The number of carbonyl (C=O) groups excluding carboxylic acids is 1. The van der Waals surface area contributed by atoms with Gasteiger partial charge in [0.15, 0.2) is 0 Å². The van der Waals surface area contributed by atoms with Gasteiger partial charge in [0.2, 0.25) is 5.75 Å².